The van der Waals surface area contributed by atoms with Gasteiger partial charge in [0, 0.05) is 17.5 Å². The van der Waals surface area contributed by atoms with Crippen molar-refractivity contribution in [1.82, 2.24) is 10.3 Å². The zero-order valence-electron chi connectivity index (χ0n) is 26.3. The number of alkyl carbamates (subject to hydrolysis) is 1. The lowest BCUT2D eigenvalue weighted by Crippen LogP contribution is -2.38. The van der Waals surface area contributed by atoms with Crippen LogP contribution in [-0.4, -0.2) is 53.9 Å². The Balaban J connectivity index is 1.64. The summed E-state index contributed by atoms with van der Waals surface area (Å²) in [6, 6.07) is 12.2. The predicted molar refractivity (Wildman–Crippen MR) is 164 cm³/mol. The number of halogens is 1. The van der Waals surface area contributed by atoms with Crippen LogP contribution in [0.2, 0.25) is 0 Å². The van der Waals surface area contributed by atoms with E-state index in [0.29, 0.717) is 28.3 Å². The lowest BCUT2D eigenvalue weighted by molar-refractivity contribution is -0.143. The average Bonchev–Trinajstić information content (AvgIpc) is 3.82. The van der Waals surface area contributed by atoms with Crippen LogP contribution in [0.3, 0.4) is 0 Å². The SMILES string of the molecule is COC(=O)C(NC(=O)OC(C)(C)C)c1cc(-c2ccc(F)cc2)nc(C(C)(O)CCC(=O)c2ccc(OC3CC3)c(OC)c2)c1. The molecule has 1 saturated carbocycles. The number of rotatable bonds is 12. The molecule has 3 aromatic rings. The summed E-state index contributed by atoms with van der Waals surface area (Å²) >= 11 is 0. The highest BCUT2D eigenvalue weighted by atomic mass is 19.1. The molecule has 1 aromatic heterocycles. The molecule has 1 fully saturated rings. The van der Waals surface area contributed by atoms with E-state index in [1.54, 1.807) is 39.0 Å². The van der Waals surface area contributed by atoms with Crippen LogP contribution in [0.25, 0.3) is 11.3 Å². The summed E-state index contributed by atoms with van der Waals surface area (Å²) in [5.41, 5.74) is -0.952. The zero-order valence-corrected chi connectivity index (χ0v) is 26.3. The van der Waals surface area contributed by atoms with Crippen LogP contribution in [0.4, 0.5) is 9.18 Å². The molecule has 0 spiro atoms. The molecule has 0 saturated heterocycles. The third-order valence-corrected chi connectivity index (χ3v) is 7.11. The summed E-state index contributed by atoms with van der Waals surface area (Å²) in [6.45, 7) is 6.55. The van der Waals surface area contributed by atoms with Crippen LogP contribution in [0.5, 0.6) is 11.5 Å². The van der Waals surface area contributed by atoms with Gasteiger partial charge in [-0.05, 0) is 107 Å². The monoisotopic (exact) mass is 622 g/mol. The molecule has 45 heavy (non-hydrogen) atoms. The number of pyridine rings is 1. The standard InChI is InChI=1S/C34H39FN2O8/c1-33(2,3)45-32(40)37-30(31(39)43-6)22-17-25(20-7-10-23(35)11-8-20)36-29(19-22)34(4,41)16-15-26(38)21-9-14-27(28(18-21)42-5)44-24-12-13-24/h7-11,14,17-19,24,30,41H,12-13,15-16H2,1-6H3,(H,37,40). The highest BCUT2D eigenvalue weighted by Gasteiger charge is 2.32. The van der Waals surface area contributed by atoms with Gasteiger partial charge in [0.05, 0.1) is 31.7 Å². The highest BCUT2D eigenvalue weighted by Crippen LogP contribution is 2.35. The molecule has 2 aromatic carbocycles. The Labute approximate surface area is 261 Å². The quantitative estimate of drug-likeness (QED) is 0.183. The van der Waals surface area contributed by atoms with Crippen molar-refractivity contribution < 1.29 is 42.8 Å². The van der Waals surface area contributed by atoms with Crippen molar-refractivity contribution in [3.8, 4) is 22.8 Å². The molecule has 2 atom stereocenters. The number of Topliss-reactive ketones (excluding diaryl/α,β-unsaturated/α-hetero) is 1. The number of aromatic nitrogens is 1. The predicted octanol–water partition coefficient (Wildman–Crippen LogP) is 6.05. The molecule has 240 valence electrons. The van der Waals surface area contributed by atoms with E-state index in [9.17, 15) is 23.9 Å². The van der Waals surface area contributed by atoms with Crippen molar-refractivity contribution in [2.24, 2.45) is 0 Å². The maximum atomic E-state index is 13.7. The topological polar surface area (TPSA) is 133 Å². The van der Waals surface area contributed by atoms with Crippen LogP contribution >= 0.6 is 0 Å². The molecule has 2 N–H and O–H groups in total. The largest absolute Gasteiger partial charge is 0.493 e. The van der Waals surface area contributed by atoms with Gasteiger partial charge in [-0.15, -0.1) is 0 Å². The summed E-state index contributed by atoms with van der Waals surface area (Å²) in [5, 5.41) is 14.2. The number of aliphatic hydroxyl groups is 1. The minimum Gasteiger partial charge on any atom is -0.493 e. The van der Waals surface area contributed by atoms with E-state index in [1.807, 2.05) is 0 Å². The molecule has 4 rings (SSSR count). The second-order valence-corrected chi connectivity index (χ2v) is 12.2. The Morgan fingerprint density at radius 3 is 2.29 bits per heavy atom. The Kier molecular flexibility index (Phi) is 10.1. The first-order chi connectivity index (χ1) is 21.2. The molecule has 0 bridgehead atoms. The average molecular weight is 623 g/mol. The van der Waals surface area contributed by atoms with Gasteiger partial charge >= 0.3 is 12.1 Å². The number of amides is 1. The van der Waals surface area contributed by atoms with Crippen LogP contribution < -0.4 is 14.8 Å². The smallest absolute Gasteiger partial charge is 0.408 e. The summed E-state index contributed by atoms with van der Waals surface area (Å²) < 4.78 is 35.3. The van der Waals surface area contributed by atoms with Crippen LogP contribution in [0, 0.1) is 5.82 Å². The number of ether oxygens (including phenoxy) is 4. The number of nitrogens with one attached hydrogen (secondary N) is 1. The number of hydrogen-bond acceptors (Lipinski definition) is 9. The molecule has 1 aliphatic rings. The third-order valence-electron chi connectivity index (χ3n) is 7.11. The Bertz CT molecular complexity index is 1540. The molecule has 2 unspecified atom stereocenters. The molecule has 10 nitrogen and oxygen atoms in total. The minimum atomic E-state index is -1.66. The van der Waals surface area contributed by atoms with Gasteiger partial charge in [-0.1, -0.05) is 0 Å². The van der Waals surface area contributed by atoms with Crippen molar-refractivity contribution in [3.63, 3.8) is 0 Å². The van der Waals surface area contributed by atoms with Crippen LogP contribution in [0.15, 0.2) is 54.6 Å². The summed E-state index contributed by atoms with van der Waals surface area (Å²) in [4.78, 5) is 43.4. The maximum Gasteiger partial charge on any atom is 0.408 e. The number of carbonyl (C=O) groups is 3. The molecular formula is C34H39FN2O8. The van der Waals surface area contributed by atoms with Gasteiger partial charge in [-0.2, -0.15) is 0 Å². The van der Waals surface area contributed by atoms with Gasteiger partial charge in [0.2, 0.25) is 0 Å². The maximum absolute atomic E-state index is 13.7. The van der Waals surface area contributed by atoms with Crippen molar-refractivity contribution in [2.45, 2.75) is 76.7 Å². The van der Waals surface area contributed by atoms with Gasteiger partial charge in [0.25, 0.3) is 0 Å². The van der Waals surface area contributed by atoms with Gasteiger partial charge in [0.1, 0.15) is 17.0 Å². The van der Waals surface area contributed by atoms with E-state index >= 15 is 0 Å². The molecule has 1 aliphatic carbocycles. The number of hydrogen-bond donors (Lipinski definition) is 2. The van der Waals surface area contributed by atoms with E-state index in [2.05, 4.69) is 10.3 Å². The Hall–Kier alpha value is -4.51. The lowest BCUT2D eigenvalue weighted by Gasteiger charge is -2.26. The summed E-state index contributed by atoms with van der Waals surface area (Å²) in [5.74, 6) is -0.466. The second kappa shape index (κ2) is 13.6. The van der Waals surface area contributed by atoms with E-state index in [1.165, 1.54) is 57.5 Å². The van der Waals surface area contributed by atoms with Crippen LogP contribution in [0.1, 0.15) is 81.0 Å². The van der Waals surface area contributed by atoms with Crippen molar-refractivity contribution >= 4 is 17.8 Å². The first-order valence-electron chi connectivity index (χ1n) is 14.6. The van der Waals surface area contributed by atoms with E-state index in [-0.39, 0.29) is 36.0 Å². The minimum absolute atomic E-state index is 0.0316. The Morgan fingerprint density at radius 1 is 1.00 bits per heavy atom. The van der Waals surface area contributed by atoms with Gasteiger partial charge in [-0.3, -0.25) is 4.79 Å². The fourth-order valence-corrected chi connectivity index (χ4v) is 4.52. The number of nitrogens with zero attached hydrogens (tertiary/aromatic N) is 1. The van der Waals surface area contributed by atoms with Gasteiger partial charge in [-0.25, -0.2) is 19.0 Å². The molecule has 1 amide bonds. The fourth-order valence-electron chi connectivity index (χ4n) is 4.52. The van der Waals surface area contributed by atoms with Crippen molar-refractivity contribution in [3.05, 3.63) is 77.2 Å². The number of methoxy groups -OCH3 is 2. The van der Waals surface area contributed by atoms with Crippen molar-refractivity contribution in [2.75, 3.05) is 14.2 Å². The van der Waals surface area contributed by atoms with E-state index in [0.717, 1.165) is 12.8 Å². The summed E-state index contributed by atoms with van der Waals surface area (Å²) in [7, 11) is 2.68. The fraction of sp³-hybridized carbons (Fsp3) is 0.412. The second-order valence-electron chi connectivity index (χ2n) is 12.2. The van der Waals surface area contributed by atoms with E-state index in [4.69, 9.17) is 18.9 Å². The number of carbonyl (C=O) groups excluding carboxylic acids is 3. The number of esters is 1. The normalized spacial score (nSPS) is 14.9. The number of benzene rings is 2. The van der Waals surface area contributed by atoms with E-state index < -0.39 is 35.1 Å². The lowest BCUT2D eigenvalue weighted by atomic mass is 9.90. The molecule has 11 heteroatoms. The number of ketones is 1. The van der Waals surface area contributed by atoms with Crippen molar-refractivity contribution in [1.29, 1.82) is 0 Å². The third kappa shape index (κ3) is 9.01. The first kappa shape index (κ1) is 33.4. The van der Waals surface area contributed by atoms with Crippen LogP contribution in [-0.2, 0) is 19.9 Å². The summed E-state index contributed by atoms with van der Waals surface area (Å²) in [6.07, 6.45) is 1.18. The molecular weight excluding hydrogens is 583 g/mol. The molecule has 0 aliphatic heterocycles. The first-order valence-corrected chi connectivity index (χ1v) is 14.6. The van der Waals surface area contributed by atoms with Gasteiger partial charge in [0.15, 0.2) is 23.3 Å². The highest BCUT2D eigenvalue weighted by molar-refractivity contribution is 5.96. The molecule has 1 heterocycles. The Morgan fingerprint density at radius 2 is 1.69 bits per heavy atom. The van der Waals surface area contributed by atoms with Gasteiger partial charge < -0.3 is 29.4 Å². The zero-order chi connectivity index (χ0) is 32.9. The molecule has 0 radical (unpaired) electrons.